The van der Waals surface area contributed by atoms with Crippen molar-refractivity contribution in [1.29, 1.82) is 0 Å². The van der Waals surface area contributed by atoms with Crippen molar-refractivity contribution in [2.75, 3.05) is 26.7 Å². The SMILES string of the molecule is CCCCN1C(=O)C[C@H](C(=O)NCCNC(=O)C(C)C)[C@@H]1c1ccc(OC)cc1. The van der Waals surface area contributed by atoms with E-state index < -0.39 is 5.92 Å². The Hall–Kier alpha value is -2.57. The molecule has 160 valence electrons. The molecule has 0 bridgehead atoms. The largest absolute Gasteiger partial charge is 0.497 e. The number of amides is 3. The van der Waals surface area contributed by atoms with Gasteiger partial charge in [0.05, 0.1) is 19.1 Å². The molecular weight excluding hydrogens is 370 g/mol. The van der Waals surface area contributed by atoms with Gasteiger partial charge >= 0.3 is 0 Å². The Morgan fingerprint density at radius 1 is 1.17 bits per heavy atom. The fourth-order valence-corrected chi connectivity index (χ4v) is 3.54. The van der Waals surface area contributed by atoms with Gasteiger partial charge in [-0.25, -0.2) is 0 Å². The van der Waals surface area contributed by atoms with E-state index in [1.54, 1.807) is 7.11 Å². The van der Waals surface area contributed by atoms with Crippen LogP contribution in [0.4, 0.5) is 0 Å². The maximum absolute atomic E-state index is 12.9. The van der Waals surface area contributed by atoms with Crippen LogP contribution in [0.15, 0.2) is 24.3 Å². The van der Waals surface area contributed by atoms with Crippen molar-refractivity contribution >= 4 is 17.7 Å². The predicted molar refractivity (Wildman–Crippen MR) is 111 cm³/mol. The van der Waals surface area contributed by atoms with Crippen LogP contribution in [0.5, 0.6) is 5.75 Å². The van der Waals surface area contributed by atoms with Gasteiger partial charge in [0, 0.05) is 32.0 Å². The second kappa shape index (κ2) is 10.8. The van der Waals surface area contributed by atoms with Crippen molar-refractivity contribution in [2.24, 2.45) is 11.8 Å². The fraction of sp³-hybridized carbons (Fsp3) is 0.591. The van der Waals surface area contributed by atoms with Crippen LogP contribution >= 0.6 is 0 Å². The van der Waals surface area contributed by atoms with Crippen molar-refractivity contribution in [2.45, 2.75) is 46.1 Å². The highest BCUT2D eigenvalue weighted by Gasteiger charge is 2.43. The number of benzene rings is 1. The van der Waals surface area contributed by atoms with Crippen LogP contribution in [0.3, 0.4) is 0 Å². The summed E-state index contributed by atoms with van der Waals surface area (Å²) in [5, 5.41) is 5.67. The van der Waals surface area contributed by atoms with Gasteiger partial charge in [-0.2, -0.15) is 0 Å². The number of methoxy groups -OCH3 is 1. The van der Waals surface area contributed by atoms with Gasteiger partial charge in [-0.3, -0.25) is 14.4 Å². The van der Waals surface area contributed by atoms with Crippen molar-refractivity contribution < 1.29 is 19.1 Å². The predicted octanol–water partition coefficient (Wildman–Crippen LogP) is 2.27. The van der Waals surface area contributed by atoms with Gasteiger partial charge in [-0.15, -0.1) is 0 Å². The van der Waals surface area contributed by atoms with E-state index in [1.807, 2.05) is 43.0 Å². The maximum Gasteiger partial charge on any atom is 0.226 e. The molecule has 29 heavy (non-hydrogen) atoms. The zero-order chi connectivity index (χ0) is 21.4. The third kappa shape index (κ3) is 5.95. The number of unbranched alkanes of at least 4 members (excludes halogenated alkanes) is 1. The van der Waals surface area contributed by atoms with E-state index in [2.05, 4.69) is 17.6 Å². The minimum atomic E-state index is -0.450. The molecule has 1 aromatic rings. The van der Waals surface area contributed by atoms with Crippen LogP contribution in [0.2, 0.25) is 0 Å². The Morgan fingerprint density at radius 3 is 2.41 bits per heavy atom. The van der Waals surface area contributed by atoms with E-state index in [9.17, 15) is 14.4 Å². The summed E-state index contributed by atoms with van der Waals surface area (Å²) in [4.78, 5) is 39.0. The maximum atomic E-state index is 12.9. The molecule has 0 saturated carbocycles. The molecule has 7 nitrogen and oxygen atoms in total. The van der Waals surface area contributed by atoms with Gasteiger partial charge in [0.25, 0.3) is 0 Å². The molecule has 1 aliphatic heterocycles. The van der Waals surface area contributed by atoms with E-state index in [-0.39, 0.29) is 36.1 Å². The first-order valence-electron chi connectivity index (χ1n) is 10.4. The van der Waals surface area contributed by atoms with Crippen LogP contribution < -0.4 is 15.4 Å². The number of hydrogen-bond donors (Lipinski definition) is 2. The summed E-state index contributed by atoms with van der Waals surface area (Å²) >= 11 is 0. The number of likely N-dealkylation sites (tertiary alicyclic amines) is 1. The molecule has 0 spiro atoms. The van der Waals surface area contributed by atoms with E-state index in [1.165, 1.54) is 0 Å². The number of nitrogens with zero attached hydrogens (tertiary/aromatic N) is 1. The lowest BCUT2D eigenvalue weighted by Gasteiger charge is -2.28. The summed E-state index contributed by atoms with van der Waals surface area (Å²) in [5.41, 5.74) is 0.931. The van der Waals surface area contributed by atoms with Crippen LogP contribution in [0, 0.1) is 11.8 Å². The smallest absolute Gasteiger partial charge is 0.226 e. The number of rotatable bonds is 10. The highest BCUT2D eigenvalue weighted by atomic mass is 16.5. The third-order valence-corrected chi connectivity index (χ3v) is 5.23. The third-order valence-electron chi connectivity index (χ3n) is 5.23. The highest BCUT2D eigenvalue weighted by molar-refractivity contribution is 5.90. The van der Waals surface area contributed by atoms with Gasteiger partial charge in [0.15, 0.2) is 0 Å². The van der Waals surface area contributed by atoms with Crippen LogP contribution in [0.25, 0.3) is 0 Å². The lowest BCUT2D eigenvalue weighted by Crippen LogP contribution is -2.40. The number of ether oxygens (including phenoxy) is 1. The minimum Gasteiger partial charge on any atom is -0.497 e. The second-order valence-electron chi connectivity index (χ2n) is 7.71. The van der Waals surface area contributed by atoms with Gasteiger partial charge in [-0.05, 0) is 24.1 Å². The average molecular weight is 404 g/mol. The molecule has 0 unspecified atom stereocenters. The molecule has 0 aromatic heterocycles. The Bertz CT molecular complexity index is 703. The molecule has 2 N–H and O–H groups in total. The molecule has 1 aliphatic rings. The highest BCUT2D eigenvalue weighted by Crippen LogP contribution is 2.39. The molecule has 2 atom stereocenters. The molecule has 1 fully saturated rings. The lowest BCUT2D eigenvalue weighted by atomic mass is 9.92. The Labute approximate surface area is 173 Å². The number of carbonyl (C=O) groups excluding carboxylic acids is 3. The fourth-order valence-electron chi connectivity index (χ4n) is 3.54. The summed E-state index contributed by atoms with van der Waals surface area (Å²) < 4.78 is 5.23. The Balaban J connectivity index is 2.09. The van der Waals surface area contributed by atoms with E-state index >= 15 is 0 Å². The molecule has 2 rings (SSSR count). The van der Waals surface area contributed by atoms with Gasteiger partial charge in [0.2, 0.25) is 17.7 Å². The summed E-state index contributed by atoms with van der Waals surface area (Å²) in [5.74, 6) is -0.00000532. The number of nitrogens with one attached hydrogen (secondary N) is 2. The zero-order valence-electron chi connectivity index (χ0n) is 17.9. The Kier molecular flexibility index (Phi) is 8.49. The minimum absolute atomic E-state index is 0.00697. The standard InChI is InChI=1S/C22H33N3O4/c1-5-6-13-25-19(26)14-18(20(25)16-7-9-17(29-4)10-8-16)22(28)24-12-11-23-21(27)15(2)3/h7-10,15,18,20H,5-6,11-14H2,1-4H3,(H,23,27)(H,24,28)/t18-,20-/m0/s1. The average Bonchev–Trinajstić information content (AvgIpc) is 3.05. The zero-order valence-corrected chi connectivity index (χ0v) is 17.9. The van der Waals surface area contributed by atoms with Gasteiger partial charge in [0.1, 0.15) is 5.75 Å². The normalized spacial score (nSPS) is 18.8. The molecular formula is C22H33N3O4. The van der Waals surface area contributed by atoms with E-state index in [0.29, 0.717) is 19.6 Å². The summed E-state index contributed by atoms with van der Waals surface area (Å²) in [7, 11) is 1.61. The van der Waals surface area contributed by atoms with Gasteiger partial charge in [-0.1, -0.05) is 39.3 Å². The molecule has 1 aromatic carbocycles. The molecule has 0 radical (unpaired) electrons. The Morgan fingerprint density at radius 2 is 1.83 bits per heavy atom. The first-order valence-corrected chi connectivity index (χ1v) is 10.4. The molecule has 0 aliphatic carbocycles. The lowest BCUT2D eigenvalue weighted by molar-refractivity contribution is -0.129. The van der Waals surface area contributed by atoms with Crippen LogP contribution in [-0.2, 0) is 14.4 Å². The monoisotopic (exact) mass is 403 g/mol. The first-order chi connectivity index (χ1) is 13.9. The van der Waals surface area contributed by atoms with Crippen molar-refractivity contribution in [3.05, 3.63) is 29.8 Å². The molecule has 1 saturated heterocycles. The number of carbonyl (C=O) groups is 3. The molecule has 1 heterocycles. The summed E-state index contributed by atoms with van der Waals surface area (Å²) in [6.45, 7) is 7.08. The quantitative estimate of drug-likeness (QED) is 0.587. The molecule has 7 heteroatoms. The van der Waals surface area contributed by atoms with Crippen molar-refractivity contribution in [3.8, 4) is 5.75 Å². The van der Waals surface area contributed by atoms with Gasteiger partial charge < -0.3 is 20.3 Å². The first kappa shape index (κ1) is 22.7. The van der Waals surface area contributed by atoms with E-state index in [0.717, 1.165) is 24.2 Å². The summed E-state index contributed by atoms with van der Waals surface area (Å²) in [6.07, 6.45) is 2.07. The van der Waals surface area contributed by atoms with Crippen LogP contribution in [0.1, 0.15) is 51.6 Å². The second-order valence-corrected chi connectivity index (χ2v) is 7.71. The van der Waals surface area contributed by atoms with Crippen molar-refractivity contribution in [1.82, 2.24) is 15.5 Å². The summed E-state index contributed by atoms with van der Waals surface area (Å²) in [6, 6.07) is 7.26. The van der Waals surface area contributed by atoms with Crippen molar-refractivity contribution in [3.63, 3.8) is 0 Å². The van der Waals surface area contributed by atoms with Crippen LogP contribution in [-0.4, -0.2) is 49.4 Å². The number of hydrogen-bond acceptors (Lipinski definition) is 4. The molecule has 3 amide bonds. The topological polar surface area (TPSA) is 87.7 Å². The van der Waals surface area contributed by atoms with E-state index in [4.69, 9.17) is 4.74 Å².